The maximum Gasteiger partial charge on any atom is 0.123 e. The molecule has 0 saturated heterocycles. The molecule has 0 aliphatic heterocycles. The molecule has 3 heteroatoms. The molecular weight excluding hydrogens is 263 g/mol. The molecule has 0 radical (unpaired) electrons. The summed E-state index contributed by atoms with van der Waals surface area (Å²) in [6.07, 6.45) is 1.98. The Morgan fingerprint density at radius 3 is 2.86 bits per heavy atom. The largest absolute Gasteiger partial charge is 0.360 e. The van der Waals surface area contributed by atoms with Gasteiger partial charge in [-0.2, -0.15) is 0 Å². The van der Waals surface area contributed by atoms with Gasteiger partial charge in [-0.1, -0.05) is 24.3 Å². The Bertz CT molecular complexity index is 969. The monoisotopic (exact) mass is 276 g/mol. The number of aryl methyl sites for hydroxylation is 1. The molecule has 0 amide bonds. The lowest BCUT2D eigenvalue weighted by Gasteiger charge is -2.03. The highest BCUT2D eigenvalue weighted by Gasteiger charge is 2.09. The number of nitrogens with one attached hydrogen (secondary N) is 1. The second-order valence-corrected chi connectivity index (χ2v) is 5.23. The first kappa shape index (κ1) is 12.1. The first-order valence-electron chi connectivity index (χ1n) is 6.86. The van der Waals surface area contributed by atoms with Crippen molar-refractivity contribution in [3.63, 3.8) is 0 Å². The minimum atomic E-state index is -0.236. The van der Waals surface area contributed by atoms with E-state index in [-0.39, 0.29) is 5.82 Å². The minimum Gasteiger partial charge on any atom is -0.360 e. The van der Waals surface area contributed by atoms with E-state index < -0.39 is 0 Å². The van der Waals surface area contributed by atoms with Crippen LogP contribution in [0.15, 0.2) is 54.7 Å². The number of pyridine rings is 1. The Balaban J connectivity index is 1.96. The number of benzene rings is 2. The van der Waals surface area contributed by atoms with Gasteiger partial charge in [0.2, 0.25) is 0 Å². The number of H-pyrrole nitrogens is 1. The van der Waals surface area contributed by atoms with Crippen molar-refractivity contribution in [2.75, 3.05) is 0 Å². The van der Waals surface area contributed by atoms with Crippen molar-refractivity contribution in [1.82, 2.24) is 9.97 Å². The summed E-state index contributed by atoms with van der Waals surface area (Å²) in [5.41, 5.74) is 5.11. The quantitative estimate of drug-likeness (QED) is 0.530. The fraction of sp³-hybridized carbons (Fsp3) is 0.0556. The lowest BCUT2D eigenvalue weighted by Crippen LogP contribution is -1.85. The van der Waals surface area contributed by atoms with Gasteiger partial charge in [0.05, 0.1) is 11.2 Å². The first-order valence-corrected chi connectivity index (χ1v) is 6.86. The third kappa shape index (κ3) is 1.89. The van der Waals surface area contributed by atoms with Crippen LogP contribution in [0.2, 0.25) is 0 Å². The van der Waals surface area contributed by atoms with Crippen LogP contribution in [0.5, 0.6) is 0 Å². The van der Waals surface area contributed by atoms with Gasteiger partial charge in [-0.25, -0.2) is 9.37 Å². The highest BCUT2D eigenvalue weighted by atomic mass is 19.1. The number of fused-ring (bicyclic) bond motifs is 2. The van der Waals surface area contributed by atoms with Crippen molar-refractivity contribution in [3.8, 4) is 11.3 Å². The van der Waals surface area contributed by atoms with Gasteiger partial charge in [0.1, 0.15) is 5.82 Å². The lowest BCUT2D eigenvalue weighted by atomic mass is 10.1. The molecule has 21 heavy (non-hydrogen) atoms. The Morgan fingerprint density at radius 2 is 1.95 bits per heavy atom. The third-order valence-electron chi connectivity index (χ3n) is 3.85. The van der Waals surface area contributed by atoms with Gasteiger partial charge in [-0.3, -0.25) is 0 Å². The summed E-state index contributed by atoms with van der Waals surface area (Å²) >= 11 is 0. The van der Waals surface area contributed by atoms with E-state index >= 15 is 0 Å². The zero-order chi connectivity index (χ0) is 14.4. The molecule has 2 aromatic heterocycles. The van der Waals surface area contributed by atoms with Crippen LogP contribution in [0.1, 0.15) is 5.56 Å². The van der Waals surface area contributed by atoms with E-state index in [1.165, 1.54) is 17.7 Å². The number of hydrogen-bond donors (Lipinski definition) is 1. The highest BCUT2D eigenvalue weighted by molar-refractivity contribution is 5.97. The number of halogens is 1. The Hall–Kier alpha value is -2.68. The summed E-state index contributed by atoms with van der Waals surface area (Å²) < 4.78 is 13.2. The van der Waals surface area contributed by atoms with E-state index in [0.717, 1.165) is 33.1 Å². The van der Waals surface area contributed by atoms with Gasteiger partial charge in [-0.05, 0) is 36.8 Å². The van der Waals surface area contributed by atoms with Crippen molar-refractivity contribution in [1.29, 1.82) is 0 Å². The van der Waals surface area contributed by atoms with Gasteiger partial charge in [0, 0.05) is 28.0 Å². The topological polar surface area (TPSA) is 28.7 Å². The van der Waals surface area contributed by atoms with Crippen LogP contribution in [0, 0.1) is 12.7 Å². The molecular formula is C18H13FN2. The van der Waals surface area contributed by atoms with Crippen molar-refractivity contribution in [3.05, 3.63) is 66.1 Å². The number of aromatic nitrogens is 2. The molecule has 0 unspecified atom stereocenters. The third-order valence-corrected chi connectivity index (χ3v) is 3.85. The predicted molar refractivity (Wildman–Crippen MR) is 83.7 cm³/mol. The molecule has 0 aliphatic carbocycles. The van der Waals surface area contributed by atoms with Crippen LogP contribution in [0.3, 0.4) is 0 Å². The van der Waals surface area contributed by atoms with E-state index in [1.807, 2.05) is 24.4 Å². The van der Waals surface area contributed by atoms with Crippen molar-refractivity contribution in [2.45, 2.75) is 6.92 Å². The molecule has 0 spiro atoms. The van der Waals surface area contributed by atoms with Gasteiger partial charge in [-0.15, -0.1) is 0 Å². The molecule has 0 atom stereocenters. The van der Waals surface area contributed by atoms with Crippen LogP contribution in [-0.4, -0.2) is 9.97 Å². The van der Waals surface area contributed by atoms with Gasteiger partial charge in [0.25, 0.3) is 0 Å². The number of para-hydroxylation sites is 1. The molecule has 4 aromatic rings. The summed E-state index contributed by atoms with van der Waals surface area (Å²) in [6.45, 7) is 2.08. The summed E-state index contributed by atoms with van der Waals surface area (Å²) in [4.78, 5) is 7.96. The maximum atomic E-state index is 13.2. The second-order valence-electron chi connectivity index (χ2n) is 5.23. The van der Waals surface area contributed by atoms with Crippen molar-refractivity contribution in [2.24, 2.45) is 0 Å². The highest BCUT2D eigenvalue weighted by Crippen LogP contribution is 2.30. The van der Waals surface area contributed by atoms with Gasteiger partial charge < -0.3 is 4.98 Å². The lowest BCUT2D eigenvalue weighted by molar-refractivity contribution is 0.629. The molecule has 102 valence electrons. The van der Waals surface area contributed by atoms with Gasteiger partial charge >= 0.3 is 0 Å². The van der Waals surface area contributed by atoms with E-state index in [2.05, 4.69) is 29.0 Å². The zero-order valence-corrected chi connectivity index (χ0v) is 11.5. The first-order chi connectivity index (χ1) is 10.2. The predicted octanol–water partition coefficient (Wildman–Crippen LogP) is 4.83. The molecule has 0 fully saturated rings. The zero-order valence-electron chi connectivity index (χ0n) is 11.5. The fourth-order valence-corrected chi connectivity index (χ4v) is 2.76. The summed E-state index contributed by atoms with van der Waals surface area (Å²) in [6, 6.07) is 14.7. The van der Waals surface area contributed by atoms with Crippen LogP contribution in [-0.2, 0) is 0 Å². The summed E-state index contributed by atoms with van der Waals surface area (Å²) in [5.74, 6) is -0.236. The average molecular weight is 276 g/mol. The maximum absolute atomic E-state index is 13.2. The van der Waals surface area contributed by atoms with E-state index in [4.69, 9.17) is 0 Å². The van der Waals surface area contributed by atoms with Crippen molar-refractivity contribution < 1.29 is 4.39 Å². The SMILES string of the molecule is Cc1cccc2c(-c3ccc4cc(F)ccc4n3)c[nH]c12. The Labute approximate surface area is 121 Å². The molecule has 1 N–H and O–H groups in total. The summed E-state index contributed by atoms with van der Waals surface area (Å²) in [5, 5.41) is 1.97. The molecule has 0 aliphatic rings. The van der Waals surface area contributed by atoms with Crippen LogP contribution >= 0.6 is 0 Å². The van der Waals surface area contributed by atoms with E-state index in [0.29, 0.717) is 0 Å². The molecule has 0 bridgehead atoms. The number of aromatic amines is 1. The second kappa shape index (κ2) is 4.42. The normalized spacial score (nSPS) is 11.3. The standard InChI is InChI=1S/C18H13FN2/c1-11-3-2-4-14-15(10-20-18(11)14)17-7-5-12-9-13(19)6-8-16(12)21-17/h2-10,20H,1H3. The van der Waals surface area contributed by atoms with Gasteiger partial charge in [0.15, 0.2) is 0 Å². The Kier molecular flexibility index (Phi) is 2.54. The fourth-order valence-electron chi connectivity index (χ4n) is 2.76. The number of rotatable bonds is 1. The Morgan fingerprint density at radius 1 is 1.05 bits per heavy atom. The number of nitrogens with zero attached hydrogens (tertiary/aromatic N) is 1. The minimum absolute atomic E-state index is 0.236. The van der Waals surface area contributed by atoms with Crippen LogP contribution < -0.4 is 0 Å². The molecule has 4 rings (SSSR count). The molecule has 0 saturated carbocycles. The summed E-state index contributed by atoms with van der Waals surface area (Å²) in [7, 11) is 0. The van der Waals surface area contributed by atoms with Crippen LogP contribution in [0.25, 0.3) is 33.1 Å². The smallest absolute Gasteiger partial charge is 0.123 e. The average Bonchev–Trinajstić information content (AvgIpc) is 2.92. The molecule has 2 nitrogen and oxygen atoms in total. The van der Waals surface area contributed by atoms with E-state index in [9.17, 15) is 4.39 Å². The van der Waals surface area contributed by atoms with Crippen molar-refractivity contribution >= 4 is 21.8 Å². The van der Waals surface area contributed by atoms with Crippen LogP contribution in [0.4, 0.5) is 4.39 Å². The van der Waals surface area contributed by atoms with E-state index in [1.54, 1.807) is 6.07 Å². The molecule has 2 heterocycles. The number of hydrogen-bond acceptors (Lipinski definition) is 1. The molecule has 2 aromatic carbocycles.